The Morgan fingerprint density at radius 1 is 1.33 bits per heavy atom. The van der Waals surface area contributed by atoms with Crippen LogP contribution in [0.1, 0.15) is 12.8 Å². The van der Waals surface area contributed by atoms with Gasteiger partial charge in [-0.2, -0.15) is 0 Å². The number of hydrogen-bond acceptors (Lipinski definition) is 5. The van der Waals surface area contributed by atoms with Gasteiger partial charge in [-0.15, -0.1) is 0 Å². The number of esters is 1. The summed E-state index contributed by atoms with van der Waals surface area (Å²) in [6, 6.07) is 1.60. The highest BCUT2D eigenvalue weighted by atomic mass is 19.2. The monoisotopic (exact) mass is 293 g/mol. The van der Waals surface area contributed by atoms with E-state index in [1.807, 2.05) is 0 Å². The molecule has 1 aromatic heterocycles. The van der Waals surface area contributed by atoms with Crippen LogP contribution < -0.4 is 4.90 Å². The molecule has 0 N–H and O–H groups in total. The Morgan fingerprint density at radius 2 is 2.05 bits per heavy atom. The molecule has 21 heavy (non-hydrogen) atoms. The van der Waals surface area contributed by atoms with E-state index in [2.05, 4.69) is 9.97 Å². The zero-order valence-corrected chi connectivity index (χ0v) is 11.3. The number of anilines is 1. The Kier molecular flexibility index (Phi) is 3.40. The molecule has 1 aliphatic heterocycles. The summed E-state index contributed by atoms with van der Waals surface area (Å²) >= 11 is 0. The van der Waals surface area contributed by atoms with Crippen molar-refractivity contribution in [3.05, 3.63) is 30.0 Å². The summed E-state index contributed by atoms with van der Waals surface area (Å²) in [5.74, 6) is -1.81. The molecule has 5 nitrogen and oxygen atoms in total. The zero-order valence-electron chi connectivity index (χ0n) is 11.3. The van der Waals surface area contributed by atoms with Crippen LogP contribution in [0.4, 0.5) is 14.6 Å². The lowest BCUT2D eigenvalue weighted by molar-refractivity contribution is -0.141. The van der Waals surface area contributed by atoms with E-state index in [4.69, 9.17) is 4.74 Å². The molecule has 0 amide bonds. The largest absolute Gasteiger partial charge is 0.467 e. The van der Waals surface area contributed by atoms with E-state index in [1.165, 1.54) is 13.3 Å². The van der Waals surface area contributed by atoms with Gasteiger partial charge in [-0.1, -0.05) is 0 Å². The van der Waals surface area contributed by atoms with E-state index < -0.39 is 17.7 Å². The molecule has 0 aliphatic carbocycles. The highest BCUT2D eigenvalue weighted by molar-refractivity contribution is 5.81. The molecule has 1 fully saturated rings. The van der Waals surface area contributed by atoms with Gasteiger partial charge in [-0.05, 0) is 12.8 Å². The second kappa shape index (κ2) is 5.23. The van der Waals surface area contributed by atoms with Crippen molar-refractivity contribution in [2.24, 2.45) is 0 Å². The number of benzene rings is 1. The first-order chi connectivity index (χ1) is 10.1. The molecule has 1 aromatic carbocycles. The van der Waals surface area contributed by atoms with Crippen LogP contribution in [0.5, 0.6) is 0 Å². The minimum absolute atomic E-state index is 0.252. The number of hydrogen-bond donors (Lipinski definition) is 0. The van der Waals surface area contributed by atoms with E-state index in [-0.39, 0.29) is 17.0 Å². The van der Waals surface area contributed by atoms with E-state index in [1.54, 1.807) is 4.90 Å². The maximum Gasteiger partial charge on any atom is 0.328 e. The number of aromatic nitrogens is 2. The summed E-state index contributed by atoms with van der Waals surface area (Å²) in [7, 11) is 1.34. The molecule has 0 spiro atoms. The zero-order chi connectivity index (χ0) is 15.0. The Morgan fingerprint density at radius 3 is 2.76 bits per heavy atom. The summed E-state index contributed by atoms with van der Waals surface area (Å²) in [6.45, 7) is 0.642. The maximum atomic E-state index is 13.3. The molecule has 110 valence electrons. The van der Waals surface area contributed by atoms with Gasteiger partial charge in [0.2, 0.25) is 0 Å². The highest BCUT2D eigenvalue weighted by Crippen LogP contribution is 2.26. The van der Waals surface area contributed by atoms with Gasteiger partial charge in [0, 0.05) is 18.7 Å². The summed E-state index contributed by atoms with van der Waals surface area (Å²) in [5, 5.41) is 0. The molecule has 1 saturated heterocycles. The predicted molar refractivity (Wildman–Crippen MR) is 71.8 cm³/mol. The van der Waals surface area contributed by atoms with Gasteiger partial charge in [-0.25, -0.2) is 18.6 Å². The topological polar surface area (TPSA) is 55.3 Å². The minimum atomic E-state index is -0.972. The van der Waals surface area contributed by atoms with Gasteiger partial charge in [-0.3, -0.25) is 4.98 Å². The first-order valence-electron chi connectivity index (χ1n) is 6.56. The van der Waals surface area contributed by atoms with Crippen LogP contribution in [0, 0.1) is 11.6 Å². The average molecular weight is 293 g/mol. The van der Waals surface area contributed by atoms with Gasteiger partial charge in [0.25, 0.3) is 0 Å². The van der Waals surface area contributed by atoms with Crippen molar-refractivity contribution in [1.29, 1.82) is 0 Å². The summed E-state index contributed by atoms with van der Waals surface area (Å²) in [6.07, 6.45) is 2.96. The third kappa shape index (κ3) is 2.39. The SMILES string of the molecule is COC(=O)[C@@H]1CCCN1c1cnc2cc(F)c(F)cc2n1. The van der Waals surface area contributed by atoms with E-state index in [9.17, 15) is 13.6 Å². The Balaban J connectivity index is 2.00. The fourth-order valence-corrected chi connectivity index (χ4v) is 2.56. The Labute approximate surface area is 119 Å². The average Bonchev–Trinajstić information content (AvgIpc) is 2.96. The van der Waals surface area contributed by atoms with Crippen LogP contribution in [0.2, 0.25) is 0 Å². The van der Waals surface area contributed by atoms with Crippen LogP contribution in [-0.4, -0.2) is 35.6 Å². The number of nitrogens with zero attached hydrogens (tertiary/aromatic N) is 3. The molecule has 1 aliphatic rings. The first kappa shape index (κ1) is 13.7. The number of halogens is 2. The van der Waals surface area contributed by atoms with Gasteiger partial charge in [0.15, 0.2) is 11.6 Å². The van der Waals surface area contributed by atoms with Crippen LogP contribution >= 0.6 is 0 Å². The number of methoxy groups -OCH3 is 1. The molecule has 1 atom stereocenters. The van der Waals surface area contributed by atoms with Crippen molar-refractivity contribution >= 4 is 22.8 Å². The first-order valence-corrected chi connectivity index (χ1v) is 6.56. The Bertz CT molecular complexity index is 708. The molecule has 2 heterocycles. The van der Waals surface area contributed by atoms with Crippen molar-refractivity contribution in [1.82, 2.24) is 9.97 Å². The van der Waals surface area contributed by atoms with Gasteiger partial charge >= 0.3 is 5.97 Å². The van der Waals surface area contributed by atoms with Crippen LogP contribution in [-0.2, 0) is 9.53 Å². The predicted octanol–water partition coefficient (Wildman–Crippen LogP) is 2.05. The number of carbonyl (C=O) groups excluding carboxylic acids is 1. The smallest absolute Gasteiger partial charge is 0.328 e. The molecule has 2 aromatic rings. The van der Waals surface area contributed by atoms with Gasteiger partial charge in [0.1, 0.15) is 11.9 Å². The van der Waals surface area contributed by atoms with Gasteiger partial charge < -0.3 is 9.64 Å². The lowest BCUT2D eigenvalue weighted by Gasteiger charge is -2.23. The summed E-state index contributed by atoms with van der Waals surface area (Å²) < 4.78 is 31.2. The standard InChI is InChI=1S/C14H13F2N3O2/c1-21-14(20)12-3-2-4-19(12)13-7-17-10-5-8(15)9(16)6-11(10)18-13/h5-7,12H,2-4H2,1H3/t12-/m0/s1. The lowest BCUT2D eigenvalue weighted by atomic mass is 10.2. The fraction of sp³-hybridized carbons (Fsp3) is 0.357. The van der Waals surface area contributed by atoms with Crippen molar-refractivity contribution < 1.29 is 18.3 Å². The molecule has 0 unspecified atom stereocenters. The molecule has 0 radical (unpaired) electrons. The highest BCUT2D eigenvalue weighted by Gasteiger charge is 2.32. The Hall–Kier alpha value is -2.31. The second-order valence-electron chi connectivity index (χ2n) is 4.86. The lowest BCUT2D eigenvalue weighted by Crippen LogP contribution is -2.37. The van der Waals surface area contributed by atoms with Crippen molar-refractivity contribution in [3.63, 3.8) is 0 Å². The molecular formula is C14H13F2N3O2. The molecular weight excluding hydrogens is 280 g/mol. The molecule has 3 rings (SSSR count). The fourth-order valence-electron chi connectivity index (χ4n) is 2.56. The van der Waals surface area contributed by atoms with Crippen molar-refractivity contribution in [3.8, 4) is 0 Å². The van der Waals surface area contributed by atoms with E-state index in [0.717, 1.165) is 18.6 Å². The van der Waals surface area contributed by atoms with Crippen molar-refractivity contribution in [2.75, 3.05) is 18.6 Å². The second-order valence-corrected chi connectivity index (χ2v) is 4.86. The normalized spacial score (nSPS) is 18.2. The number of ether oxygens (including phenoxy) is 1. The van der Waals surface area contributed by atoms with Crippen LogP contribution in [0.15, 0.2) is 18.3 Å². The van der Waals surface area contributed by atoms with E-state index in [0.29, 0.717) is 18.8 Å². The number of carbonyl (C=O) groups is 1. The third-order valence-corrected chi connectivity index (χ3v) is 3.59. The molecule has 7 heteroatoms. The molecule has 0 bridgehead atoms. The van der Waals surface area contributed by atoms with Crippen molar-refractivity contribution in [2.45, 2.75) is 18.9 Å². The summed E-state index contributed by atoms with van der Waals surface area (Å²) in [5.41, 5.74) is 0.522. The molecule has 0 saturated carbocycles. The van der Waals surface area contributed by atoms with Crippen LogP contribution in [0.25, 0.3) is 11.0 Å². The van der Waals surface area contributed by atoms with Gasteiger partial charge in [0.05, 0.1) is 24.3 Å². The number of fused-ring (bicyclic) bond motifs is 1. The quantitative estimate of drug-likeness (QED) is 0.793. The van der Waals surface area contributed by atoms with Crippen LogP contribution in [0.3, 0.4) is 0 Å². The minimum Gasteiger partial charge on any atom is -0.467 e. The number of rotatable bonds is 2. The van der Waals surface area contributed by atoms with E-state index >= 15 is 0 Å². The third-order valence-electron chi connectivity index (χ3n) is 3.59. The summed E-state index contributed by atoms with van der Waals surface area (Å²) in [4.78, 5) is 21.9. The maximum absolute atomic E-state index is 13.3.